The van der Waals surface area contributed by atoms with Crippen LogP contribution in [-0.4, -0.2) is 402 Å². The Morgan fingerprint density at radius 1 is 0.456 bits per heavy atom. The van der Waals surface area contributed by atoms with E-state index in [1.807, 2.05) is 0 Å². The Labute approximate surface area is 508 Å². The van der Waals surface area contributed by atoms with Gasteiger partial charge in [-0.15, -0.1) is 0 Å². The van der Waals surface area contributed by atoms with E-state index in [1.165, 1.54) is 0 Å². The van der Waals surface area contributed by atoms with Crippen LogP contribution in [0, 0.1) is 0 Å². The highest BCUT2D eigenvalue weighted by molar-refractivity contribution is 5.76. The summed E-state index contributed by atoms with van der Waals surface area (Å²) in [7, 11) is 0. The van der Waals surface area contributed by atoms with Crippen LogP contribution in [0.15, 0.2) is 0 Å². The number of carbonyl (C=O) groups excluding carboxylic acids is 2. The predicted octanol–water partition coefficient (Wildman–Crippen LogP) is -16.8. The second kappa shape index (κ2) is 31.7. The number of carboxylic acid groups (broad SMARTS) is 1. The molecule has 0 unspecified atom stereocenters. The van der Waals surface area contributed by atoms with Gasteiger partial charge in [0.2, 0.25) is 11.8 Å². The van der Waals surface area contributed by atoms with Crippen molar-refractivity contribution in [1.82, 2.24) is 10.6 Å². The number of aliphatic hydroxyl groups excluding tert-OH is 22. The van der Waals surface area contributed by atoms with Gasteiger partial charge in [-0.3, -0.25) is 9.59 Å². The van der Waals surface area contributed by atoms with Crippen molar-refractivity contribution in [3.05, 3.63) is 0 Å². The van der Waals surface area contributed by atoms with E-state index in [0.717, 1.165) is 13.8 Å². The van der Waals surface area contributed by atoms with E-state index in [2.05, 4.69) is 10.6 Å². The van der Waals surface area contributed by atoms with Gasteiger partial charge in [-0.2, -0.15) is 0 Å². The van der Waals surface area contributed by atoms with E-state index < -0.39 is 291 Å². The number of carbonyl (C=O) groups is 3. The van der Waals surface area contributed by atoms with Gasteiger partial charge in [-0.1, -0.05) is 0 Å². The van der Waals surface area contributed by atoms with Crippen molar-refractivity contribution in [2.24, 2.45) is 0 Å². The summed E-state index contributed by atoms with van der Waals surface area (Å²) in [5.74, 6) is -7.06. The molecule has 7 heterocycles. The Hall–Kier alpha value is -2.99. The molecular formula is C49H82N2O39. The summed E-state index contributed by atoms with van der Waals surface area (Å²) in [4.78, 5) is 37.8. The molecule has 522 valence electrons. The van der Waals surface area contributed by atoms with E-state index >= 15 is 0 Å². The number of hydrogen-bond acceptors (Lipinski definition) is 38. The number of hydrogen-bond donors (Lipinski definition) is 25. The van der Waals surface area contributed by atoms with Crippen molar-refractivity contribution in [3.63, 3.8) is 0 Å². The van der Waals surface area contributed by atoms with Crippen LogP contribution in [0.5, 0.6) is 0 Å². The average molecular weight is 1320 g/mol. The SMILES string of the molecule is CC(=O)N[C@H]1[C@H](OC[C@H]2O[C@@H](O[C@@H]3[C@H](O[C@@H]4O[C@H](CO)[C@@H](O)[C@H](O)[C@H]4O)[C@@H](O)[C@H](O[C@H]4[C@H](O)[C@@H](O)[C@H](O)O[C@@H]4CO)O[C@@H]3CO)[C@H](O)[C@@H](O)[C@@H]2O)O[C@H](CO)[C@@H](O[C@@H]2O[C@H](CO)[C@H](O)[C@H](O[C@]3(C(=O)O)C[C@H](O)[C@@H](NC(C)=O)[C@H]([C@H](O)[C@H](O)CO)O3)[C@H]2O)[C@@H]1O. The van der Waals surface area contributed by atoms with Gasteiger partial charge in [0.1, 0.15) is 165 Å². The molecule has 7 saturated heterocycles. The third kappa shape index (κ3) is 15.8. The number of amides is 2. The molecule has 7 fully saturated rings. The van der Waals surface area contributed by atoms with Crippen LogP contribution in [0.4, 0.5) is 0 Å². The monoisotopic (exact) mass is 1320 g/mol. The van der Waals surface area contributed by atoms with Crippen molar-refractivity contribution in [1.29, 1.82) is 0 Å². The Kier molecular flexibility index (Phi) is 26.2. The Morgan fingerprint density at radius 3 is 1.40 bits per heavy atom. The molecule has 7 aliphatic heterocycles. The van der Waals surface area contributed by atoms with Gasteiger partial charge >= 0.3 is 5.97 Å². The first-order valence-electron chi connectivity index (χ1n) is 28.3. The molecule has 0 saturated carbocycles. The van der Waals surface area contributed by atoms with Crippen LogP contribution in [0.2, 0.25) is 0 Å². The summed E-state index contributed by atoms with van der Waals surface area (Å²) in [5, 5.41) is 252. The summed E-state index contributed by atoms with van der Waals surface area (Å²) in [5.41, 5.74) is 0. The number of nitrogens with one attached hydrogen (secondary N) is 2. The van der Waals surface area contributed by atoms with Crippen LogP contribution in [0.1, 0.15) is 20.3 Å². The van der Waals surface area contributed by atoms with Crippen LogP contribution >= 0.6 is 0 Å². The van der Waals surface area contributed by atoms with Gasteiger partial charge in [-0.05, 0) is 0 Å². The molecule has 0 bridgehead atoms. The maximum atomic E-state index is 13.0. The highest BCUT2D eigenvalue weighted by Gasteiger charge is 2.62. The number of aliphatic hydroxyl groups is 22. The molecule has 0 spiro atoms. The molecule has 25 N–H and O–H groups in total. The average Bonchev–Trinajstić information content (AvgIpc) is 0.816. The molecule has 41 heteroatoms. The van der Waals surface area contributed by atoms with Gasteiger partial charge in [-0.25, -0.2) is 4.79 Å². The molecule has 2 amide bonds. The summed E-state index contributed by atoms with van der Waals surface area (Å²) in [6.07, 6.45) is -69.7. The first kappa shape index (κ1) is 74.4. The van der Waals surface area contributed by atoms with Crippen LogP contribution in [-0.2, 0) is 76.0 Å². The van der Waals surface area contributed by atoms with Gasteiger partial charge in [0.15, 0.2) is 37.7 Å². The quantitative estimate of drug-likeness (QED) is 0.0427. The minimum Gasteiger partial charge on any atom is -0.477 e. The topological polar surface area (TPSA) is 661 Å². The minimum absolute atomic E-state index is 0.838. The molecular weight excluding hydrogens is 1240 g/mol. The van der Waals surface area contributed by atoms with E-state index in [1.54, 1.807) is 0 Å². The molecule has 0 aromatic heterocycles. The first-order chi connectivity index (χ1) is 42.4. The normalized spacial score (nSPS) is 48.5. The van der Waals surface area contributed by atoms with Gasteiger partial charge in [0.25, 0.3) is 5.79 Å². The predicted molar refractivity (Wildman–Crippen MR) is 272 cm³/mol. The summed E-state index contributed by atoms with van der Waals surface area (Å²) >= 11 is 0. The second-order valence-electron chi connectivity index (χ2n) is 22.5. The number of carboxylic acids is 1. The molecule has 0 aromatic carbocycles. The third-order valence-electron chi connectivity index (χ3n) is 16.3. The first-order valence-corrected chi connectivity index (χ1v) is 28.3. The summed E-state index contributed by atoms with van der Waals surface area (Å²) < 4.78 is 74.3. The smallest absolute Gasteiger partial charge is 0.364 e. The van der Waals surface area contributed by atoms with Crippen molar-refractivity contribution in [2.75, 3.05) is 46.2 Å². The van der Waals surface area contributed by atoms with E-state index in [9.17, 15) is 132 Å². The second-order valence-corrected chi connectivity index (χ2v) is 22.5. The Balaban J connectivity index is 1.10. The standard InChI is InChI=1S/C49H82N2O39/c1-11(58)50-21-13(60)3-49(48(76)77,89-39(21)23(62)14(61)4-52)90-40-26(65)16(6-54)81-46(34(40)73)85-36-18(8-56)82-43(22(27(36)66)51-12(2)59)78-10-20-25(64)29(68)33(72)45(84-20)87-38-19(9-57)83-47(86-37-17(7-55)79-42(75)31(70)30(37)69)35(74)41(38)88-44-32(71)28(67)24(63)15(5-53)80-44/h13-47,52-57,60-75H,3-10H2,1-2H3,(H,50,58)(H,51,59)(H,76,77)/t13-,14+,15+,16+,17+,18+,19+,20+,21+,22+,23+,24+,25+,26-,27+,28-,29-,30+,31+,32+,33+,34+,35+,36+,37+,38-,39+,40-,41+,42+,43+,44-,45-,46-,47-,49-/m0/s1. The Bertz CT molecular complexity index is 2290. The van der Waals surface area contributed by atoms with Crippen molar-refractivity contribution < 1.29 is 193 Å². The maximum absolute atomic E-state index is 13.0. The van der Waals surface area contributed by atoms with Crippen molar-refractivity contribution >= 4 is 17.8 Å². The lowest BCUT2D eigenvalue weighted by Gasteiger charge is -2.51. The molecule has 0 aliphatic carbocycles. The van der Waals surface area contributed by atoms with E-state index in [0.29, 0.717) is 0 Å². The molecule has 36 atom stereocenters. The van der Waals surface area contributed by atoms with Gasteiger partial charge in [0, 0.05) is 20.3 Å². The van der Waals surface area contributed by atoms with Crippen molar-refractivity contribution in [3.8, 4) is 0 Å². The van der Waals surface area contributed by atoms with E-state index in [4.69, 9.17) is 61.6 Å². The molecule has 41 nitrogen and oxygen atoms in total. The number of ether oxygens (including phenoxy) is 13. The van der Waals surface area contributed by atoms with Gasteiger partial charge < -0.3 is 190 Å². The fraction of sp³-hybridized carbons (Fsp3) is 0.939. The molecule has 7 aliphatic rings. The molecule has 90 heavy (non-hydrogen) atoms. The van der Waals surface area contributed by atoms with E-state index in [-0.39, 0.29) is 0 Å². The summed E-state index contributed by atoms with van der Waals surface area (Å²) in [6, 6.07) is -3.52. The molecule has 0 aromatic rings. The van der Waals surface area contributed by atoms with Gasteiger partial charge in [0.05, 0.1) is 58.4 Å². The fourth-order valence-electron chi connectivity index (χ4n) is 11.4. The lowest BCUT2D eigenvalue weighted by molar-refractivity contribution is -0.400. The fourth-order valence-corrected chi connectivity index (χ4v) is 11.4. The minimum atomic E-state index is -3.22. The summed E-state index contributed by atoms with van der Waals surface area (Å²) in [6.45, 7) is -5.63. The zero-order valence-electron chi connectivity index (χ0n) is 47.7. The Morgan fingerprint density at radius 2 is 0.878 bits per heavy atom. The zero-order chi connectivity index (χ0) is 66.7. The lowest BCUT2D eigenvalue weighted by atomic mass is 9.88. The van der Waals surface area contributed by atoms with Crippen LogP contribution in [0.25, 0.3) is 0 Å². The largest absolute Gasteiger partial charge is 0.477 e. The lowest BCUT2D eigenvalue weighted by Crippen LogP contribution is -2.71. The maximum Gasteiger partial charge on any atom is 0.364 e. The highest BCUT2D eigenvalue weighted by Crippen LogP contribution is 2.40. The number of rotatable bonds is 24. The van der Waals surface area contributed by atoms with Crippen LogP contribution < -0.4 is 10.6 Å². The molecule has 0 radical (unpaired) electrons. The van der Waals surface area contributed by atoms with Crippen molar-refractivity contribution in [2.45, 2.75) is 241 Å². The highest BCUT2D eigenvalue weighted by atomic mass is 16.8. The third-order valence-corrected chi connectivity index (χ3v) is 16.3. The molecule has 7 rings (SSSR count). The zero-order valence-corrected chi connectivity index (χ0v) is 47.7. The van der Waals surface area contributed by atoms with Crippen LogP contribution in [0.3, 0.4) is 0 Å². The number of aliphatic carboxylic acids is 1.